The SMILES string of the molecule is C=CCSCC(=O)NC(C)c1ccc(NC(=O)Nc2ccccc2)cc1. The second-order valence-corrected chi connectivity index (χ2v) is 6.69. The third-order valence-electron chi connectivity index (χ3n) is 3.55. The molecule has 6 heteroatoms. The Balaban J connectivity index is 1.84. The predicted molar refractivity (Wildman–Crippen MR) is 110 cm³/mol. The highest BCUT2D eigenvalue weighted by Gasteiger charge is 2.10. The molecule has 136 valence electrons. The van der Waals surface area contributed by atoms with Gasteiger partial charge in [-0.1, -0.05) is 36.4 Å². The van der Waals surface area contributed by atoms with Crippen LogP contribution >= 0.6 is 11.8 Å². The number of benzene rings is 2. The summed E-state index contributed by atoms with van der Waals surface area (Å²) in [5.74, 6) is 1.16. The van der Waals surface area contributed by atoms with Gasteiger partial charge in [-0.2, -0.15) is 0 Å². The molecule has 3 amide bonds. The number of carbonyl (C=O) groups is 2. The lowest BCUT2D eigenvalue weighted by Gasteiger charge is -2.15. The van der Waals surface area contributed by atoms with Gasteiger partial charge in [-0.15, -0.1) is 18.3 Å². The van der Waals surface area contributed by atoms with E-state index in [1.807, 2.05) is 61.5 Å². The highest BCUT2D eigenvalue weighted by Crippen LogP contribution is 2.17. The lowest BCUT2D eigenvalue weighted by molar-refractivity contribution is -0.119. The first-order valence-corrected chi connectivity index (χ1v) is 9.45. The van der Waals surface area contributed by atoms with Crippen LogP contribution < -0.4 is 16.0 Å². The van der Waals surface area contributed by atoms with Gasteiger partial charge < -0.3 is 16.0 Å². The largest absolute Gasteiger partial charge is 0.349 e. The quantitative estimate of drug-likeness (QED) is 0.476. The molecular formula is C20H23N3O2S. The summed E-state index contributed by atoms with van der Waals surface area (Å²) >= 11 is 1.52. The van der Waals surface area contributed by atoms with Gasteiger partial charge in [0, 0.05) is 17.1 Å². The van der Waals surface area contributed by atoms with E-state index in [4.69, 9.17) is 0 Å². The lowest BCUT2D eigenvalue weighted by Crippen LogP contribution is -2.28. The van der Waals surface area contributed by atoms with Crippen molar-refractivity contribution in [1.29, 1.82) is 0 Å². The monoisotopic (exact) mass is 369 g/mol. The average molecular weight is 369 g/mol. The molecule has 0 bridgehead atoms. The first kappa shape index (κ1) is 19.6. The van der Waals surface area contributed by atoms with E-state index < -0.39 is 0 Å². The van der Waals surface area contributed by atoms with Crippen molar-refractivity contribution >= 4 is 35.1 Å². The Morgan fingerprint density at radius 1 is 1.04 bits per heavy atom. The second-order valence-electron chi connectivity index (χ2n) is 5.66. The van der Waals surface area contributed by atoms with Crippen LogP contribution in [-0.2, 0) is 4.79 Å². The molecule has 0 aliphatic rings. The maximum atomic E-state index is 12.0. The average Bonchev–Trinajstić information content (AvgIpc) is 2.63. The standard InChI is InChI=1S/C20H23N3O2S/c1-3-13-26-14-19(24)21-15(2)16-9-11-18(12-10-16)23-20(25)22-17-7-5-4-6-8-17/h3-12,15H,1,13-14H2,2H3,(H,21,24)(H2,22,23,25). The fourth-order valence-electron chi connectivity index (χ4n) is 2.27. The van der Waals surface area contributed by atoms with E-state index in [-0.39, 0.29) is 18.0 Å². The van der Waals surface area contributed by atoms with E-state index in [1.165, 1.54) is 11.8 Å². The third kappa shape index (κ3) is 6.64. The summed E-state index contributed by atoms with van der Waals surface area (Å²) in [5, 5.41) is 8.50. The van der Waals surface area contributed by atoms with E-state index in [1.54, 1.807) is 6.08 Å². The molecular weight excluding hydrogens is 346 g/mol. The summed E-state index contributed by atoms with van der Waals surface area (Å²) in [6.07, 6.45) is 1.78. The van der Waals surface area contributed by atoms with Crippen molar-refractivity contribution in [3.63, 3.8) is 0 Å². The fraction of sp³-hybridized carbons (Fsp3) is 0.200. The van der Waals surface area contributed by atoms with Gasteiger partial charge in [0.25, 0.3) is 0 Å². The van der Waals surface area contributed by atoms with Crippen LogP contribution in [0, 0.1) is 0 Å². The van der Waals surface area contributed by atoms with Crippen molar-refractivity contribution in [3.8, 4) is 0 Å². The normalized spacial score (nSPS) is 11.3. The minimum Gasteiger partial charge on any atom is -0.349 e. The van der Waals surface area contributed by atoms with E-state index in [2.05, 4.69) is 22.5 Å². The Hall–Kier alpha value is -2.73. The topological polar surface area (TPSA) is 70.2 Å². The van der Waals surface area contributed by atoms with Gasteiger partial charge in [-0.05, 0) is 36.8 Å². The number of urea groups is 1. The zero-order chi connectivity index (χ0) is 18.8. The second kappa shape index (κ2) is 10.3. The first-order valence-electron chi connectivity index (χ1n) is 8.29. The molecule has 5 nitrogen and oxygen atoms in total. The smallest absolute Gasteiger partial charge is 0.323 e. The number of hydrogen-bond acceptors (Lipinski definition) is 3. The van der Waals surface area contributed by atoms with Gasteiger partial charge in [0.15, 0.2) is 0 Å². The summed E-state index contributed by atoms with van der Waals surface area (Å²) < 4.78 is 0. The number of para-hydroxylation sites is 1. The summed E-state index contributed by atoms with van der Waals surface area (Å²) in [6, 6.07) is 16.2. The Morgan fingerprint density at radius 2 is 1.65 bits per heavy atom. The maximum Gasteiger partial charge on any atom is 0.323 e. The molecule has 0 heterocycles. The molecule has 0 aromatic heterocycles. The van der Waals surface area contributed by atoms with Gasteiger partial charge in [-0.3, -0.25) is 4.79 Å². The number of amides is 3. The Bertz CT molecular complexity index is 732. The Kier molecular flexibility index (Phi) is 7.76. The van der Waals surface area contributed by atoms with Crippen molar-refractivity contribution in [3.05, 3.63) is 72.8 Å². The van der Waals surface area contributed by atoms with Crippen LogP contribution in [0.5, 0.6) is 0 Å². The van der Waals surface area contributed by atoms with Crippen molar-refractivity contribution < 1.29 is 9.59 Å². The number of anilines is 2. The van der Waals surface area contributed by atoms with Crippen LogP contribution in [-0.4, -0.2) is 23.4 Å². The summed E-state index contributed by atoms with van der Waals surface area (Å²) in [6.45, 7) is 5.56. The molecule has 0 saturated heterocycles. The maximum absolute atomic E-state index is 12.0. The van der Waals surface area contributed by atoms with Gasteiger partial charge in [-0.25, -0.2) is 4.79 Å². The van der Waals surface area contributed by atoms with E-state index in [0.717, 1.165) is 17.0 Å². The van der Waals surface area contributed by atoms with Crippen LogP contribution in [0.25, 0.3) is 0 Å². The van der Waals surface area contributed by atoms with Crippen molar-refractivity contribution in [2.45, 2.75) is 13.0 Å². The zero-order valence-corrected chi connectivity index (χ0v) is 15.5. The summed E-state index contributed by atoms with van der Waals surface area (Å²) in [4.78, 5) is 23.8. The van der Waals surface area contributed by atoms with Gasteiger partial charge in [0.2, 0.25) is 5.91 Å². The molecule has 2 rings (SSSR count). The van der Waals surface area contributed by atoms with Crippen molar-refractivity contribution in [1.82, 2.24) is 5.32 Å². The van der Waals surface area contributed by atoms with Crippen LogP contribution in [0.1, 0.15) is 18.5 Å². The summed E-state index contributed by atoms with van der Waals surface area (Å²) in [5.41, 5.74) is 2.38. The fourth-order valence-corrected chi connectivity index (χ4v) is 2.82. The van der Waals surface area contributed by atoms with Crippen LogP contribution in [0.2, 0.25) is 0 Å². The van der Waals surface area contributed by atoms with Gasteiger partial charge in [0.05, 0.1) is 11.8 Å². The third-order valence-corrected chi connectivity index (χ3v) is 4.48. The molecule has 2 aromatic carbocycles. The Morgan fingerprint density at radius 3 is 2.27 bits per heavy atom. The predicted octanol–water partition coefficient (Wildman–Crippen LogP) is 4.43. The minimum atomic E-state index is -0.301. The molecule has 1 unspecified atom stereocenters. The lowest BCUT2D eigenvalue weighted by atomic mass is 10.1. The minimum absolute atomic E-state index is 0.00575. The van der Waals surface area contributed by atoms with Crippen LogP contribution in [0.4, 0.5) is 16.2 Å². The van der Waals surface area contributed by atoms with E-state index in [0.29, 0.717) is 11.4 Å². The molecule has 26 heavy (non-hydrogen) atoms. The molecule has 0 aliphatic carbocycles. The number of nitrogens with one attached hydrogen (secondary N) is 3. The highest BCUT2D eigenvalue weighted by molar-refractivity contribution is 8.00. The van der Waals surface area contributed by atoms with Crippen LogP contribution in [0.15, 0.2) is 67.3 Å². The molecule has 0 radical (unpaired) electrons. The van der Waals surface area contributed by atoms with E-state index in [9.17, 15) is 9.59 Å². The molecule has 1 atom stereocenters. The van der Waals surface area contributed by atoms with Crippen molar-refractivity contribution in [2.24, 2.45) is 0 Å². The number of thioether (sulfide) groups is 1. The first-order chi connectivity index (χ1) is 12.6. The number of rotatable bonds is 8. The molecule has 0 aliphatic heterocycles. The molecule has 0 fully saturated rings. The molecule has 0 saturated carbocycles. The molecule has 2 aromatic rings. The van der Waals surface area contributed by atoms with Crippen LogP contribution in [0.3, 0.4) is 0 Å². The van der Waals surface area contributed by atoms with Gasteiger partial charge >= 0.3 is 6.03 Å². The number of hydrogen-bond donors (Lipinski definition) is 3. The van der Waals surface area contributed by atoms with Crippen molar-refractivity contribution in [2.75, 3.05) is 22.1 Å². The van der Waals surface area contributed by atoms with Gasteiger partial charge in [0.1, 0.15) is 0 Å². The Labute approximate surface area is 158 Å². The molecule has 0 spiro atoms. The summed E-state index contributed by atoms with van der Waals surface area (Å²) in [7, 11) is 0. The highest BCUT2D eigenvalue weighted by atomic mass is 32.2. The zero-order valence-electron chi connectivity index (χ0n) is 14.7. The molecule has 3 N–H and O–H groups in total. The number of carbonyl (C=O) groups excluding carboxylic acids is 2. The van der Waals surface area contributed by atoms with E-state index >= 15 is 0 Å².